The Labute approximate surface area is 147 Å². The van der Waals surface area contributed by atoms with Crippen LogP contribution in [0.15, 0.2) is 54.6 Å². The quantitative estimate of drug-likeness (QED) is 0.779. The monoisotopic (exact) mass is 364 g/mol. The Hall–Kier alpha value is -2.25. The Balaban J connectivity index is 1.87. The standard InChI is InChI=1S/C18H21FN2O3S/c1-25(23,24)21(14-16-7-9-17(19)10-8-16)12-11-20-18(22)13-15-5-3-2-4-6-15/h2-10H,11-14H2,1H3,(H,20,22). The Morgan fingerprint density at radius 1 is 1.04 bits per heavy atom. The van der Waals surface area contributed by atoms with Crippen molar-refractivity contribution in [3.05, 3.63) is 71.5 Å². The molecule has 0 aliphatic rings. The highest BCUT2D eigenvalue weighted by molar-refractivity contribution is 7.88. The van der Waals surface area contributed by atoms with E-state index in [0.717, 1.165) is 11.8 Å². The third-order valence-electron chi connectivity index (χ3n) is 3.63. The van der Waals surface area contributed by atoms with E-state index in [9.17, 15) is 17.6 Å². The first kappa shape index (κ1) is 19.1. The Kier molecular flexibility index (Phi) is 6.66. The van der Waals surface area contributed by atoms with Crippen LogP contribution in [0.25, 0.3) is 0 Å². The topological polar surface area (TPSA) is 66.5 Å². The lowest BCUT2D eigenvalue weighted by atomic mass is 10.1. The molecular formula is C18H21FN2O3S. The van der Waals surface area contributed by atoms with E-state index in [1.807, 2.05) is 30.3 Å². The lowest BCUT2D eigenvalue weighted by molar-refractivity contribution is -0.120. The molecule has 134 valence electrons. The summed E-state index contributed by atoms with van der Waals surface area (Å²) in [5, 5.41) is 2.72. The summed E-state index contributed by atoms with van der Waals surface area (Å²) in [5.41, 5.74) is 1.58. The number of nitrogens with zero attached hydrogens (tertiary/aromatic N) is 1. The summed E-state index contributed by atoms with van der Waals surface area (Å²) < 4.78 is 38.0. The number of hydrogen-bond donors (Lipinski definition) is 1. The molecule has 0 aliphatic heterocycles. The maximum atomic E-state index is 12.9. The van der Waals surface area contributed by atoms with Gasteiger partial charge in [0.05, 0.1) is 12.7 Å². The van der Waals surface area contributed by atoms with E-state index in [1.165, 1.54) is 16.4 Å². The predicted molar refractivity (Wildman–Crippen MR) is 94.8 cm³/mol. The number of hydrogen-bond acceptors (Lipinski definition) is 3. The fraction of sp³-hybridized carbons (Fsp3) is 0.278. The highest BCUT2D eigenvalue weighted by atomic mass is 32.2. The van der Waals surface area contributed by atoms with Crippen molar-refractivity contribution in [1.29, 1.82) is 0 Å². The van der Waals surface area contributed by atoms with E-state index in [2.05, 4.69) is 5.32 Å². The fourth-order valence-electron chi connectivity index (χ4n) is 2.32. The van der Waals surface area contributed by atoms with Gasteiger partial charge in [0.15, 0.2) is 0 Å². The number of carbonyl (C=O) groups is 1. The summed E-state index contributed by atoms with van der Waals surface area (Å²) in [7, 11) is -3.44. The number of nitrogens with one attached hydrogen (secondary N) is 1. The molecule has 0 fully saturated rings. The Bertz CT molecular complexity index is 793. The van der Waals surface area contributed by atoms with Gasteiger partial charge in [0.25, 0.3) is 0 Å². The Morgan fingerprint density at radius 2 is 1.68 bits per heavy atom. The summed E-state index contributed by atoms with van der Waals surface area (Å²) in [5.74, 6) is -0.538. The first-order chi connectivity index (χ1) is 11.8. The second-order valence-corrected chi connectivity index (χ2v) is 7.72. The van der Waals surface area contributed by atoms with Gasteiger partial charge in [-0.05, 0) is 23.3 Å². The van der Waals surface area contributed by atoms with Crippen LogP contribution in [0, 0.1) is 5.82 Å². The lowest BCUT2D eigenvalue weighted by Gasteiger charge is -2.20. The molecule has 1 amide bonds. The first-order valence-electron chi connectivity index (χ1n) is 7.85. The van der Waals surface area contributed by atoms with Crippen molar-refractivity contribution < 1.29 is 17.6 Å². The van der Waals surface area contributed by atoms with Crippen LogP contribution in [0.1, 0.15) is 11.1 Å². The molecule has 0 aromatic heterocycles. The average molecular weight is 364 g/mol. The van der Waals surface area contributed by atoms with E-state index in [-0.39, 0.29) is 37.8 Å². The van der Waals surface area contributed by atoms with E-state index in [0.29, 0.717) is 5.56 Å². The molecule has 2 aromatic carbocycles. The van der Waals surface area contributed by atoms with Gasteiger partial charge in [0, 0.05) is 19.6 Å². The number of benzene rings is 2. The summed E-state index contributed by atoms with van der Waals surface area (Å²) in [6, 6.07) is 15.0. The number of halogens is 1. The molecule has 0 atom stereocenters. The molecule has 0 heterocycles. The van der Waals surface area contributed by atoms with Gasteiger partial charge in [-0.3, -0.25) is 4.79 Å². The van der Waals surface area contributed by atoms with Gasteiger partial charge >= 0.3 is 0 Å². The van der Waals surface area contributed by atoms with Gasteiger partial charge < -0.3 is 5.32 Å². The Morgan fingerprint density at radius 3 is 2.28 bits per heavy atom. The molecule has 5 nitrogen and oxygen atoms in total. The van der Waals surface area contributed by atoms with Gasteiger partial charge in [-0.15, -0.1) is 0 Å². The molecule has 2 rings (SSSR count). The highest BCUT2D eigenvalue weighted by Crippen LogP contribution is 2.09. The third kappa shape index (κ3) is 6.64. The minimum atomic E-state index is -3.44. The number of sulfonamides is 1. The molecule has 2 aromatic rings. The van der Waals surface area contributed by atoms with Crippen LogP contribution in [0.3, 0.4) is 0 Å². The SMILES string of the molecule is CS(=O)(=O)N(CCNC(=O)Cc1ccccc1)Cc1ccc(F)cc1. The van der Waals surface area contributed by atoms with Crippen LogP contribution in [-0.4, -0.2) is 38.0 Å². The fourth-order valence-corrected chi connectivity index (χ4v) is 3.13. The molecule has 1 N–H and O–H groups in total. The zero-order chi connectivity index (χ0) is 18.3. The minimum absolute atomic E-state index is 0.133. The predicted octanol–water partition coefficient (Wildman–Crippen LogP) is 1.95. The highest BCUT2D eigenvalue weighted by Gasteiger charge is 2.17. The van der Waals surface area contributed by atoms with Crippen LogP contribution in [0.4, 0.5) is 4.39 Å². The number of amides is 1. The summed E-state index contributed by atoms with van der Waals surface area (Å²) in [6.07, 6.45) is 1.36. The van der Waals surface area contributed by atoms with E-state index in [1.54, 1.807) is 12.1 Å². The molecule has 0 radical (unpaired) electrons. The lowest BCUT2D eigenvalue weighted by Crippen LogP contribution is -2.38. The molecule has 0 saturated carbocycles. The van der Waals surface area contributed by atoms with Crippen molar-refractivity contribution in [1.82, 2.24) is 9.62 Å². The zero-order valence-electron chi connectivity index (χ0n) is 14.0. The number of rotatable bonds is 8. The van der Waals surface area contributed by atoms with Crippen molar-refractivity contribution in [3.8, 4) is 0 Å². The van der Waals surface area contributed by atoms with E-state index < -0.39 is 10.0 Å². The van der Waals surface area contributed by atoms with Crippen molar-refractivity contribution in [3.63, 3.8) is 0 Å². The van der Waals surface area contributed by atoms with Crippen LogP contribution in [-0.2, 0) is 27.8 Å². The van der Waals surface area contributed by atoms with Crippen molar-refractivity contribution in [2.24, 2.45) is 0 Å². The largest absolute Gasteiger partial charge is 0.354 e. The van der Waals surface area contributed by atoms with Crippen LogP contribution < -0.4 is 5.32 Å². The van der Waals surface area contributed by atoms with Crippen molar-refractivity contribution >= 4 is 15.9 Å². The van der Waals surface area contributed by atoms with Gasteiger partial charge in [0.1, 0.15) is 5.82 Å². The molecule has 0 unspecified atom stereocenters. The van der Waals surface area contributed by atoms with Crippen LogP contribution in [0.5, 0.6) is 0 Å². The molecule has 0 bridgehead atoms. The second kappa shape index (κ2) is 8.73. The van der Waals surface area contributed by atoms with Crippen molar-refractivity contribution in [2.45, 2.75) is 13.0 Å². The van der Waals surface area contributed by atoms with Gasteiger partial charge in [0.2, 0.25) is 15.9 Å². The van der Waals surface area contributed by atoms with Gasteiger partial charge in [-0.2, -0.15) is 4.31 Å². The molecular weight excluding hydrogens is 343 g/mol. The molecule has 0 saturated heterocycles. The zero-order valence-corrected chi connectivity index (χ0v) is 14.8. The smallest absolute Gasteiger partial charge is 0.224 e. The van der Waals surface area contributed by atoms with Gasteiger partial charge in [-0.1, -0.05) is 42.5 Å². The number of carbonyl (C=O) groups excluding carboxylic acids is 1. The summed E-state index contributed by atoms with van der Waals surface area (Å²) in [4.78, 5) is 11.9. The van der Waals surface area contributed by atoms with Crippen molar-refractivity contribution in [2.75, 3.05) is 19.3 Å². The summed E-state index contributed by atoms with van der Waals surface area (Å²) in [6.45, 7) is 0.490. The summed E-state index contributed by atoms with van der Waals surface area (Å²) >= 11 is 0. The molecule has 25 heavy (non-hydrogen) atoms. The average Bonchev–Trinajstić information content (AvgIpc) is 2.56. The third-order valence-corrected chi connectivity index (χ3v) is 4.88. The van der Waals surface area contributed by atoms with E-state index >= 15 is 0 Å². The maximum Gasteiger partial charge on any atom is 0.224 e. The molecule has 7 heteroatoms. The molecule has 0 spiro atoms. The van der Waals surface area contributed by atoms with Crippen LogP contribution in [0.2, 0.25) is 0 Å². The van der Waals surface area contributed by atoms with Crippen LogP contribution >= 0.6 is 0 Å². The second-order valence-electron chi connectivity index (χ2n) is 5.74. The van der Waals surface area contributed by atoms with Gasteiger partial charge in [-0.25, -0.2) is 12.8 Å². The minimum Gasteiger partial charge on any atom is -0.354 e. The first-order valence-corrected chi connectivity index (χ1v) is 9.69. The van der Waals surface area contributed by atoms with E-state index in [4.69, 9.17) is 0 Å². The maximum absolute atomic E-state index is 12.9. The normalized spacial score (nSPS) is 11.5. The molecule has 0 aliphatic carbocycles.